The molecule has 1 saturated heterocycles. The van der Waals surface area contributed by atoms with E-state index in [1.165, 1.54) is 12.8 Å². The molecule has 1 aliphatic heterocycles. The van der Waals surface area contributed by atoms with Crippen molar-refractivity contribution in [2.24, 2.45) is 5.73 Å². The molecular formula is C19H27N5O. The second-order valence-corrected chi connectivity index (χ2v) is 6.59. The number of H-pyrrole nitrogens is 1. The third kappa shape index (κ3) is 4.90. The maximum atomic E-state index is 11.7. The molecule has 6 heteroatoms. The molecule has 2 heterocycles. The maximum absolute atomic E-state index is 11.7. The fourth-order valence-electron chi connectivity index (χ4n) is 3.35. The number of imidazole rings is 1. The Kier molecular flexibility index (Phi) is 6.19. The SMILES string of the molecule is NCCC(=O)NCC1CCCCN1Cc1cnc(-c2ccccc2)[nH]1. The minimum atomic E-state index is 0.0425. The van der Waals surface area contributed by atoms with Gasteiger partial charge < -0.3 is 16.0 Å². The van der Waals surface area contributed by atoms with Crippen molar-refractivity contribution in [1.82, 2.24) is 20.2 Å². The van der Waals surface area contributed by atoms with Crippen molar-refractivity contribution in [2.45, 2.75) is 38.3 Å². The van der Waals surface area contributed by atoms with Gasteiger partial charge in [-0.3, -0.25) is 9.69 Å². The molecule has 1 unspecified atom stereocenters. The first-order valence-electron chi connectivity index (χ1n) is 9.06. The Labute approximate surface area is 148 Å². The summed E-state index contributed by atoms with van der Waals surface area (Å²) < 4.78 is 0. The van der Waals surface area contributed by atoms with Gasteiger partial charge in [-0.05, 0) is 19.4 Å². The van der Waals surface area contributed by atoms with Gasteiger partial charge in [0.1, 0.15) is 5.82 Å². The van der Waals surface area contributed by atoms with Crippen molar-refractivity contribution in [3.8, 4) is 11.4 Å². The summed E-state index contributed by atoms with van der Waals surface area (Å²) in [6.45, 7) is 2.98. The standard InChI is InChI=1S/C19H27N5O/c20-10-9-18(25)21-13-17-8-4-5-11-24(17)14-16-12-22-19(23-16)15-6-2-1-3-7-15/h1-3,6-7,12,17H,4-5,8-11,13-14,20H2,(H,21,25)(H,22,23). The van der Waals surface area contributed by atoms with Crippen LogP contribution in [0.2, 0.25) is 0 Å². The van der Waals surface area contributed by atoms with Gasteiger partial charge in [0.25, 0.3) is 0 Å². The zero-order valence-corrected chi connectivity index (χ0v) is 14.6. The second kappa shape index (κ2) is 8.78. The lowest BCUT2D eigenvalue weighted by Gasteiger charge is -2.35. The summed E-state index contributed by atoms with van der Waals surface area (Å²) in [6, 6.07) is 10.5. The van der Waals surface area contributed by atoms with Gasteiger partial charge in [-0.1, -0.05) is 36.8 Å². The first-order chi connectivity index (χ1) is 12.3. The highest BCUT2D eigenvalue weighted by atomic mass is 16.1. The van der Waals surface area contributed by atoms with Crippen LogP contribution in [0.3, 0.4) is 0 Å². The molecule has 1 amide bonds. The van der Waals surface area contributed by atoms with E-state index in [0.29, 0.717) is 25.6 Å². The van der Waals surface area contributed by atoms with Gasteiger partial charge in [0.15, 0.2) is 0 Å². The Morgan fingerprint density at radius 3 is 2.96 bits per heavy atom. The summed E-state index contributed by atoms with van der Waals surface area (Å²) in [5.74, 6) is 0.946. The number of aromatic nitrogens is 2. The molecule has 1 fully saturated rings. The van der Waals surface area contributed by atoms with Crippen LogP contribution < -0.4 is 11.1 Å². The summed E-state index contributed by atoms with van der Waals surface area (Å²) in [6.07, 6.45) is 5.84. The highest BCUT2D eigenvalue weighted by molar-refractivity contribution is 5.76. The number of nitrogens with zero attached hydrogens (tertiary/aromatic N) is 2. The molecule has 25 heavy (non-hydrogen) atoms. The van der Waals surface area contributed by atoms with Crippen LogP contribution in [-0.4, -0.2) is 46.5 Å². The third-order valence-electron chi connectivity index (χ3n) is 4.70. The number of piperidine rings is 1. The first-order valence-corrected chi connectivity index (χ1v) is 9.06. The molecule has 0 spiro atoms. The van der Waals surface area contributed by atoms with E-state index in [4.69, 9.17) is 5.73 Å². The highest BCUT2D eigenvalue weighted by Gasteiger charge is 2.23. The molecule has 1 atom stereocenters. The van der Waals surface area contributed by atoms with Crippen molar-refractivity contribution in [3.05, 3.63) is 42.2 Å². The van der Waals surface area contributed by atoms with Crippen molar-refractivity contribution < 1.29 is 4.79 Å². The predicted molar refractivity (Wildman–Crippen MR) is 98.8 cm³/mol. The average Bonchev–Trinajstić information content (AvgIpc) is 3.11. The van der Waals surface area contributed by atoms with Gasteiger partial charge >= 0.3 is 0 Å². The minimum Gasteiger partial charge on any atom is -0.354 e. The Hall–Kier alpha value is -2.18. The van der Waals surface area contributed by atoms with Crippen molar-refractivity contribution in [1.29, 1.82) is 0 Å². The van der Waals surface area contributed by atoms with E-state index in [-0.39, 0.29) is 5.91 Å². The molecule has 1 aliphatic rings. The van der Waals surface area contributed by atoms with Gasteiger partial charge in [-0.15, -0.1) is 0 Å². The van der Waals surface area contributed by atoms with E-state index >= 15 is 0 Å². The summed E-state index contributed by atoms with van der Waals surface area (Å²) in [5, 5.41) is 3.01. The summed E-state index contributed by atoms with van der Waals surface area (Å²) >= 11 is 0. The molecule has 0 radical (unpaired) electrons. The number of benzene rings is 1. The topological polar surface area (TPSA) is 87.0 Å². The van der Waals surface area contributed by atoms with Crippen LogP contribution >= 0.6 is 0 Å². The molecule has 0 bridgehead atoms. The van der Waals surface area contributed by atoms with Crippen molar-refractivity contribution in [3.63, 3.8) is 0 Å². The van der Waals surface area contributed by atoms with E-state index in [1.807, 2.05) is 24.4 Å². The number of nitrogens with two attached hydrogens (primary N) is 1. The summed E-state index contributed by atoms with van der Waals surface area (Å²) in [7, 11) is 0. The highest BCUT2D eigenvalue weighted by Crippen LogP contribution is 2.20. The molecule has 1 aromatic carbocycles. The lowest BCUT2D eigenvalue weighted by molar-refractivity contribution is -0.121. The molecule has 3 rings (SSSR count). The third-order valence-corrected chi connectivity index (χ3v) is 4.70. The zero-order chi connectivity index (χ0) is 17.5. The van der Waals surface area contributed by atoms with Crippen LogP contribution in [0.25, 0.3) is 11.4 Å². The molecule has 6 nitrogen and oxygen atoms in total. The number of aromatic amines is 1. The normalized spacial score (nSPS) is 18.2. The average molecular weight is 341 g/mol. The van der Waals surface area contributed by atoms with Crippen LogP contribution in [0.15, 0.2) is 36.5 Å². The number of amides is 1. The van der Waals surface area contributed by atoms with Crippen molar-refractivity contribution >= 4 is 5.91 Å². The number of carbonyl (C=O) groups excluding carboxylic acids is 1. The number of carbonyl (C=O) groups is 1. The van der Waals surface area contributed by atoms with Gasteiger partial charge in [-0.25, -0.2) is 4.98 Å². The predicted octanol–water partition coefficient (Wildman–Crippen LogP) is 1.90. The molecule has 134 valence electrons. The van der Waals surface area contributed by atoms with Crippen LogP contribution in [0, 0.1) is 0 Å². The number of rotatable bonds is 7. The minimum absolute atomic E-state index is 0.0425. The van der Waals surface area contributed by atoms with Crippen LogP contribution in [0.4, 0.5) is 0 Å². The second-order valence-electron chi connectivity index (χ2n) is 6.59. The Morgan fingerprint density at radius 1 is 1.32 bits per heavy atom. The van der Waals surface area contributed by atoms with Gasteiger partial charge in [0, 0.05) is 49.6 Å². The zero-order valence-electron chi connectivity index (χ0n) is 14.6. The quantitative estimate of drug-likeness (QED) is 0.718. The van der Waals surface area contributed by atoms with Gasteiger partial charge in [-0.2, -0.15) is 0 Å². The first kappa shape index (κ1) is 17.6. The monoisotopic (exact) mass is 341 g/mol. The molecule has 2 aromatic rings. The van der Waals surface area contributed by atoms with Crippen LogP contribution in [0.5, 0.6) is 0 Å². The van der Waals surface area contributed by atoms with Crippen LogP contribution in [0.1, 0.15) is 31.4 Å². The fraction of sp³-hybridized carbons (Fsp3) is 0.474. The van der Waals surface area contributed by atoms with Gasteiger partial charge in [0.05, 0.1) is 0 Å². The largest absolute Gasteiger partial charge is 0.354 e. The van der Waals surface area contributed by atoms with E-state index in [0.717, 1.165) is 36.6 Å². The molecule has 0 saturated carbocycles. The van der Waals surface area contributed by atoms with E-state index in [2.05, 4.69) is 32.3 Å². The van der Waals surface area contributed by atoms with E-state index in [1.54, 1.807) is 0 Å². The summed E-state index contributed by atoms with van der Waals surface area (Å²) in [5.41, 5.74) is 7.64. The molecule has 0 aliphatic carbocycles. The number of likely N-dealkylation sites (tertiary alicyclic amines) is 1. The van der Waals surface area contributed by atoms with Crippen molar-refractivity contribution in [2.75, 3.05) is 19.6 Å². The number of hydrogen-bond acceptors (Lipinski definition) is 4. The maximum Gasteiger partial charge on any atom is 0.221 e. The number of hydrogen-bond donors (Lipinski definition) is 3. The van der Waals surface area contributed by atoms with Gasteiger partial charge in [0.2, 0.25) is 5.91 Å². The lowest BCUT2D eigenvalue weighted by atomic mass is 10.0. The van der Waals surface area contributed by atoms with E-state index < -0.39 is 0 Å². The summed E-state index contributed by atoms with van der Waals surface area (Å²) in [4.78, 5) is 22.1. The molecule has 4 N–H and O–H groups in total. The fourth-order valence-corrected chi connectivity index (χ4v) is 3.35. The molecular weight excluding hydrogens is 314 g/mol. The van der Waals surface area contributed by atoms with E-state index in [9.17, 15) is 4.79 Å². The van der Waals surface area contributed by atoms with Crippen LogP contribution in [-0.2, 0) is 11.3 Å². The number of nitrogens with one attached hydrogen (secondary N) is 2. The molecule has 1 aromatic heterocycles. The Bertz CT molecular complexity index is 669. The Balaban J connectivity index is 1.60. The lowest BCUT2D eigenvalue weighted by Crippen LogP contribution is -2.46. The Morgan fingerprint density at radius 2 is 2.16 bits per heavy atom. The smallest absolute Gasteiger partial charge is 0.221 e.